The van der Waals surface area contributed by atoms with Gasteiger partial charge in [0.1, 0.15) is 122 Å². The van der Waals surface area contributed by atoms with Gasteiger partial charge >= 0.3 is 52.0 Å². The Labute approximate surface area is 480 Å². The van der Waals surface area contributed by atoms with Crippen molar-refractivity contribution in [2.75, 3.05) is 33.0 Å². The molecule has 0 spiro atoms. The van der Waals surface area contributed by atoms with Crippen LogP contribution in [0, 0.1) is 0 Å². The number of hydrogen-bond acceptors (Lipinski definition) is 36. The second-order valence-corrected chi connectivity index (χ2v) is 24.3. The first-order valence-electron chi connectivity index (χ1n) is 23.9. The Balaban J connectivity index is 1.55. The van der Waals surface area contributed by atoms with Crippen LogP contribution in [0.5, 0.6) is 0 Å². The number of nitrogens with one attached hydrogen (secondary N) is 3. The average Bonchev–Trinajstić information content (AvgIpc) is 1.20. The Bertz CT molecular complexity index is 2860. The fourth-order valence-electron chi connectivity index (χ4n) is 8.94. The number of ether oxygens (including phenoxy) is 9. The summed E-state index contributed by atoms with van der Waals surface area (Å²) in [5.41, 5.74) is 0. The molecule has 3 amide bonds. The molecule has 5 heterocycles. The normalized spacial score (nSPS) is 39.8. The fraction of sp³-hybridized carbons (Fsp3) is 0.917. The van der Waals surface area contributed by atoms with Gasteiger partial charge in [-0.25, -0.2) is 20.9 Å². The number of rotatable bonds is 26. The van der Waals surface area contributed by atoms with Crippen molar-refractivity contribution < 1.29 is 189 Å². The van der Waals surface area contributed by atoms with E-state index in [0.29, 0.717) is 0 Å². The van der Waals surface area contributed by atoms with Gasteiger partial charge in [-0.15, -0.1) is 0 Å². The van der Waals surface area contributed by atoms with E-state index >= 15 is 0 Å². The van der Waals surface area contributed by atoms with Gasteiger partial charge in [0, 0.05) is 20.8 Å². The lowest BCUT2D eigenvalue weighted by atomic mass is 9.94. The SMILES string of the molecule is CC(=O)N[C@H]1[C@H](O[C@H]2[C@@H](O)[C@@H](COS(=O)(=O)O)O[C@@H](O[C@H]3[C@H](O)[C@@H](NC(C)=O)C(O)O[C@@H]3COS(=O)(=O)O)[C@@H]2O)O[C@H](COS(=O)(=O)O)[C@@H](O[C@@H]2O[C@H](COS(=O)(=O)O)[C@H](O)[C@@H](O[C@@H]3O[C@H](COS(=O)(=O)O)[C@@H](O)[C@H](O)[C@H]3NC(C)=O)[C@H]2O)[C@@H]1O. The number of hydrogen-bond donors (Lipinski definition) is 17. The minimum atomic E-state index is -5.61. The lowest BCUT2D eigenvalue weighted by Crippen LogP contribution is -2.70. The third-order valence-electron chi connectivity index (χ3n) is 12.5. The van der Waals surface area contributed by atoms with Gasteiger partial charge < -0.3 is 105 Å². The van der Waals surface area contributed by atoms with Gasteiger partial charge in [-0.2, -0.15) is 42.1 Å². The Kier molecular flexibility index (Phi) is 25.1. The Hall–Kier alpha value is -2.96. The summed E-state index contributed by atoms with van der Waals surface area (Å²) in [7, 11) is -27.2. The maximum Gasteiger partial charge on any atom is 0.397 e. The van der Waals surface area contributed by atoms with Crippen LogP contribution in [0.1, 0.15) is 20.8 Å². The van der Waals surface area contributed by atoms with E-state index in [-0.39, 0.29) is 0 Å². The van der Waals surface area contributed by atoms with Crippen molar-refractivity contribution in [1.82, 2.24) is 16.0 Å². The Morgan fingerprint density at radius 3 is 0.929 bits per heavy atom. The maximum absolute atomic E-state index is 12.8. The van der Waals surface area contributed by atoms with Crippen molar-refractivity contribution in [2.45, 2.75) is 174 Å². The molecule has 25 atom stereocenters. The van der Waals surface area contributed by atoms with Crippen molar-refractivity contribution in [3.05, 3.63) is 0 Å². The highest BCUT2D eigenvalue weighted by Crippen LogP contribution is 2.37. The van der Waals surface area contributed by atoms with E-state index in [0.717, 1.165) is 20.8 Å². The average molecular weight is 1350 g/mol. The Morgan fingerprint density at radius 1 is 0.329 bits per heavy atom. The zero-order valence-corrected chi connectivity index (χ0v) is 47.4. The minimum absolute atomic E-state index is 0.775. The molecule has 0 saturated carbocycles. The summed E-state index contributed by atoms with van der Waals surface area (Å²) in [5.74, 6) is -3.08. The molecular formula is C36H61N3O41S5. The van der Waals surface area contributed by atoms with Gasteiger partial charge in [0.05, 0.1) is 33.0 Å². The molecule has 0 aromatic heterocycles. The lowest BCUT2D eigenvalue weighted by molar-refractivity contribution is -0.381. The Morgan fingerprint density at radius 2 is 0.588 bits per heavy atom. The summed E-state index contributed by atoms with van der Waals surface area (Å²) < 4.78 is 235. The van der Waals surface area contributed by atoms with Gasteiger partial charge in [-0.3, -0.25) is 37.1 Å². The quantitative estimate of drug-likeness (QED) is 0.0358. The number of carbonyl (C=O) groups is 3. The van der Waals surface area contributed by atoms with Crippen molar-refractivity contribution in [3.63, 3.8) is 0 Å². The zero-order chi connectivity index (χ0) is 64.2. The van der Waals surface area contributed by atoms with Crippen molar-refractivity contribution in [3.8, 4) is 0 Å². The molecule has 0 radical (unpaired) electrons. The summed E-state index contributed by atoms with van der Waals surface area (Å²) in [5, 5.41) is 109. The number of amides is 3. The van der Waals surface area contributed by atoms with Crippen LogP contribution < -0.4 is 16.0 Å². The van der Waals surface area contributed by atoms with Gasteiger partial charge in [0.25, 0.3) is 0 Å². The van der Waals surface area contributed by atoms with Crippen LogP contribution in [-0.2, 0) is 130 Å². The molecule has 5 fully saturated rings. The summed E-state index contributed by atoms with van der Waals surface area (Å²) in [4.78, 5) is 37.1. The van der Waals surface area contributed by atoms with E-state index in [9.17, 15) is 121 Å². The van der Waals surface area contributed by atoms with E-state index in [1.165, 1.54) is 0 Å². The van der Waals surface area contributed by atoms with Crippen LogP contribution in [0.15, 0.2) is 0 Å². The molecule has 5 rings (SSSR count). The first-order valence-corrected chi connectivity index (χ1v) is 30.7. The van der Waals surface area contributed by atoms with Gasteiger partial charge in [0.2, 0.25) is 17.7 Å². The monoisotopic (exact) mass is 1350 g/mol. The third kappa shape index (κ3) is 21.1. The second-order valence-electron chi connectivity index (χ2n) is 18.8. The van der Waals surface area contributed by atoms with Gasteiger partial charge in [-0.1, -0.05) is 0 Å². The lowest BCUT2D eigenvalue weighted by Gasteiger charge is -2.50. The van der Waals surface area contributed by atoms with Crippen LogP contribution in [0.2, 0.25) is 0 Å². The predicted octanol–water partition coefficient (Wildman–Crippen LogP) is -12.4. The van der Waals surface area contributed by atoms with E-state index in [1.807, 2.05) is 0 Å². The van der Waals surface area contributed by atoms with Crippen molar-refractivity contribution in [1.29, 1.82) is 0 Å². The van der Waals surface area contributed by atoms with E-state index in [2.05, 4.69) is 36.9 Å². The molecule has 85 heavy (non-hydrogen) atoms. The number of aliphatic hydroxyl groups excluding tert-OH is 9. The molecule has 49 heteroatoms. The molecule has 5 saturated heterocycles. The van der Waals surface area contributed by atoms with Crippen LogP contribution in [0.4, 0.5) is 0 Å². The number of carbonyl (C=O) groups excluding carboxylic acids is 3. The highest BCUT2D eigenvalue weighted by Gasteiger charge is 2.58. The van der Waals surface area contributed by atoms with E-state index in [1.54, 1.807) is 0 Å². The zero-order valence-electron chi connectivity index (χ0n) is 43.3. The highest BCUT2D eigenvalue weighted by atomic mass is 32.3. The highest BCUT2D eigenvalue weighted by molar-refractivity contribution is 7.81. The van der Waals surface area contributed by atoms with Crippen LogP contribution in [0.25, 0.3) is 0 Å². The van der Waals surface area contributed by atoms with Gasteiger partial charge in [0.15, 0.2) is 31.5 Å². The molecule has 44 nitrogen and oxygen atoms in total. The van der Waals surface area contributed by atoms with Crippen LogP contribution in [-0.4, -0.2) is 315 Å². The summed E-state index contributed by atoms with van der Waals surface area (Å²) in [6, 6.07) is -6.11. The largest absolute Gasteiger partial charge is 0.397 e. The first kappa shape index (κ1) is 72.8. The van der Waals surface area contributed by atoms with E-state index in [4.69, 9.17) is 47.2 Å². The molecule has 0 aromatic carbocycles. The third-order valence-corrected chi connectivity index (χ3v) is 14.7. The standard InChI is InChI=1S/C36H61N3O41S5/c1-9(40)37-17-24(47)28(15(72-32(17)51)7-70-84(61,62)63)77-35-27(50)31(22(45)14(74-35)6-69-83(58,59)60)80-34-19(39-11(3)42)25(48)29(16(76-34)8-71-85(64,65)66)78-36-26(49)30(21(44)13(75-36)5-68-82(55,56)57)79-33-18(38-10(2)41)23(46)20(43)12(73-33)4-67-81(52,53)54/h12-36,43-51H,4-8H2,1-3H3,(H,37,40)(H,38,41)(H,39,42)(H,52,53,54)(H,55,56,57)(H,58,59,60)(H,61,62,63)(H,64,65,66)/t12-,13-,14-,15-,16-,17-,18-,19-,20-,21+,22+,23-,24-,25-,26-,27-,28-,29-,30-,31+,32?,33+,34+,35+,36+/m1/s1. The van der Waals surface area contributed by atoms with Crippen molar-refractivity contribution >= 4 is 69.7 Å². The fourth-order valence-corrected chi connectivity index (χ4v) is 10.5. The first-order chi connectivity index (χ1) is 38.9. The minimum Gasteiger partial charge on any atom is -0.388 e. The predicted molar refractivity (Wildman–Crippen MR) is 253 cm³/mol. The smallest absolute Gasteiger partial charge is 0.388 e. The molecule has 0 aromatic rings. The molecule has 0 bridgehead atoms. The molecule has 496 valence electrons. The summed E-state index contributed by atoms with van der Waals surface area (Å²) in [6.45, 7) is -4.62. The topological polar surface area (TPSA) is 670 Å². The molecule has 17 N–H and O–H groups in total. The molecular weight excluding hydrogens is 1290 g/mol. The van der Waals surface area contributed by atoms with Crippen LogP contribution in [0.3, 0.4) is 0 Å². The second kappa shape index (κ2) is 29.3. The van der Waals surface area contributed by atoms with Gasteiger partial charge in [-0.05, 0) is 0 Å². The molecule has 1 unspecified atom stereocenters. The van der Waals surface area contributed by atoms with Crippen molar-refractivity contribution in [2.24, 2.45) is 0 Å². The van der Waals surface area contributed by atoms with Crippen LogP contribution >= 0.6 is 0 Å². The maximum atomic E-state index is 12.8. The molecule has 0 aliphatic carbocycles. The summed E-state index contributed by atoms with van der Waals surface area (Å²) in [6.07, 6.45) is -52.2. The molecule has 5 aliphatic rings. The number of aliphatic hydroxyl groups is 9. The van der Waals surface area contributed by atoms with E-state index < -0.39 is 256 Å². The summed E-state index contributed by atoms with van der Waals surface area (Å²) >= 11 is 0. The molecule has 5 aliphatic heterocycles.